The molecule has 2 rings (SSSR count). The lowest BCUT2D eigenvalue weighted by Gasteiger charge is -2.40. The maximum Gasteiger partial charge on any atom is 0.192 e. The Morgan fingerprint density at radius 1 is 0.705 bits per heavy atom. The van der Waals surface area contributed by atoms with E-state index in [0.717, 1.165) is 32.0 Å². The molecule has 2 saturated heterocycles. The molecule has 0 saturated carbocycles. The van der Waals surface area contributed by atoms with E-state index in [-0.39, 0.29) is 49.2 Å². The van der Waals surface area contributed by atoms with E-state index < -0.39 is 16.6 Å². The van der Waals surface area contributed by atoms with Crippen molar-refractivity contribution in [3.8, 4) is 0 Å². The second kappa shape index (κ2) is 18.3. The van der Waals surface area contributed by atoms with Gasteiger partial charge < -0.3 is 23.1 Å². The number of carbonyl (C=O) groups excluding carboxylic acids is 1. The van der Waals surface area contributed by atoms with Crippen LogP contribution in [0.5, 0.6) is 0 Å². The minimum Gasteiger partial charge on any atom is -0.414 e. The number of epoxide rings is 2. The highest BCUT2D eigenvalue weighted by molar-refractivity contribution is 6.74. The van der Waals surface area contributed by atoms with Crippen LogP contribution >= 0.6 is 0 Å². The van der Waals surface area contributed by atoms with Gasteiger partial charge in [0.2, 0.25) is 0 Å². The van der Waals surface area contributed by atoms with Crippen molar-refractivity contribution >= 4 is 22.9 Å². The first-order valence-corrected chi connectivity index (χ1v) is 22.6. The van der Waals surface area contributed by atoms with Crippen LogP contribution < -0.4 is 0 Å². The van der Waals surface area contributed by atoms with E-state index in [1.165, 1.54) is 0 Å². The fourth-order valence-corrected chi connectivity index (χ4v) is 8.14. The molecule has 0 amide bonds. The van der Waals surface area contributed by atoms with E-state index in [1.807, 2.05) is 13.0 Å². The molecular formula is C37H78O5Si2. The van der Waals surface area contributed by atoms with E-state index in [0.29, 0.717) is 36.1 Å². The van der Waals surface area contributed by atoms with Crippen molar-refractivity contribution in [3.63, 3.8) is 0 Å². The molecule has 0 bridgehead atoms. The van der Waals surface area contributed by atoms with Crippen LogP contribution in [0.15, 0.2) is 12.7 Å². The molecule has 264 valence electrons. The van der Waals surface area contributed by atoms with Gasteiger partial charge in [-0.25, -0.2) is 0 Å². The highest BCUT2D eigenvalue weighted by atomic mass is 28.4. The third kappa shape index (κ3) is 13.4. The third-order valence-electron chi connectivity index (χ3n) is 10.6. The molecule has 2 fully saturated rings. The number of aldehydes is 1. The molecular weight excluding hydrogens is 581 g/mol. The highest BCUT2D eigenvalue weighted by Crippen LogP contribution is 2.43. The van der Waals surface area contributed by atoms with Gasteiger partial charge in [-0.15, -0.1) is 6.58 Å². The first kappa shape index (κ1) is 45.8. The van der Waals surface area contributed by atoms with E-state index in [4.69, 9.17) is 18.3 Å². The highest BCUT2D eigenvalue weighted by Gasteiger charge is 2.49. The van der Waals surface area contributed by atoms with Gasteiger partial charge in [0.25, 0.3) is 0 Å². The summed E-state index contributed by atoms with van der Waals surface area (Å²) in [7, 11) is -3.44. The van der Waals surface area contributed by atoms with Gasteiger partial charge in [-0.05, 0) is 67.9 Å². The maximum absolute atomic E-state index is 10.8. The second-order valence-corrected chi connectivity index (χ2v) is 26.0. The Morgan fingerprint density at radius 3 is 1.27 bits per heavy atom. The van der Waals surface area contributed by atoms with Crippen molar-refractivity contribution in [3.05, 3.63) is 12.7 Å². The topological polar surface area (TPSA) is 60.6 Å². The summed E-state index contributed by atoms with van der Waals surface area (Å²) in [5.74, 6) is 1.50. The Balaban J connectivity index is 0. The first-order valence-electron chi connectivity index (χ1n) is 16.8. The predicted octanol–water partition coefficient (Wildman–Crippen LogP) is 11.1. The number of hydrogen-bond donors (Lipinski definition) is 0. The van der Waals surface area contributed by atoms with Gasteiger partial charge in [-0.2, -0.15) is 0 Å². The Morgan fingerprint density at radius 2 is 1.02 bits per heavy atom. The second-order valence-electron chi connectivity index (χ2n) is 16.4. The molecule has 0 aromatic heterocycles. The Kier molecular flexibility index (Phi) is 19.0. The summed E-state index contributed by atoms with van der Waals surface area (Å²) >= 11 is 0. The smallest absolute Gasteiger partial charge is 0.192 e. The normalized spacial score (nSPS) is 25.8. The SMILES string of the molecule is C.C.C=C[C@@H](C)CC1O[C@@H]1[C@H](C)[C@H](CC)O[Si](C)(C)C(C)(C)C.CC[C@H](O[Si](C)(C)C(C)(C)C)[C@@H](C)[C@H]1OC1C[C@H](C)C=O. The monoisotopic (exact) mass is 659 g/mol. The van der Waals surface area contributed by atoms with E-state index in [9.17, 15) is 4.79 Å². The Labute approximate surface area is 278 Å². The number of hydrogen-bond acceptors (Lipinski definition) is 5. The summed E-state index contributed by atoms with van der Waals surface area (Å²) in [6, 6.07) is 0. The Hall–Kier alpha value is -0.316. The molecule has 0 N–H and O–H groups in total. The zero-order valence-corrected chi connectivity index (χ0v) is 32.5. The van der Waals surface area contributed by atoms with Crippen LogP contribution in [0.25, 0.3) is 0 Å². The van der Waals surface area contributed by atoms with Crippen LogP contribution in [0.2, 0.25) is 36.3 Å². The van der Waals surface area contributed by atoms with Crippen molar-refractivity contribution in [2.24, 2.45) is 23.7 Å². The summed E-state index contributed by atoms with van der Waals surface area (Å²) < 4.78 is 24.9. The lowest BCUT2D eigenvalue weighted by molar-refractivity contribution is -0.110. The molecule has 2 aliphatic rings. The lowest BCUT2D eigenvalue weighted by atomic mass is 9.94. The van der Waals surface area contributed by atoms with Gasteiger partial charge in [-0.1, -0.05) is 104 Å². The molecule has 2 heterocycles. The Bertz CT molecular complexity index is 763. The van der Waals surface area contributed by atoms with Crippen LogP contribution in [0.4, 0.5) is 0 Å². The number of ether oxygens (including phenoxy) is 2. The van der Waals surface area contributed by atoms with E-state index in [2.05, 4.69) is 109 Å². The first-order chi connectivity index (χ1) is 19.1. The van der Waals surface area contributed by atoms with Crippen molar-refractivity contribution in [2.75, 3.05) is 0 Å². The zero-order chi connectivity index (χ0) is 32.8. The largest absolute Gasteiger partial charge is 0.414 e. The molecule has 0 aromatic carbocycles. The number of carbonyl (C=O) groups is 1. The minimum absolute atomic E-state index is 0. The fourth-order valence-electron chi connectivity index (χ4n) is 5.16. The van der Waals surface area contributed by atoms with Crippen LogP contribution in [-0.2, 0) is 23.1 Å². The average molecular weight is 659 g/mol. The van der Waals surface area contributed by atoms with Crippen LogP contribution in [0, 0.1) is 23.7 Å². The molecule has 0 spiro atoms. The van der Waals surface area contributed by atoms with Crippen LogP contribution in [0.1, 0.15) is 124 Å². The summed E-state index contributed by atoms with van der Waals surface area (Å²) in [5.41, 5.74) is 0. The van der Waals surface area contributed by atoms with Gasteiger partial charge in [0.15, 0.2) is 16.6 Å². The van der Waals surface area contributed by atoms with Crippen molar-refractivity contribution in [1.82, 2.24) is 0 Å². The number of rotatable bonds is 16. The molecule has 7 heteroatoms. The van der Waals surface area contributed by atoms with E-state index in [1.54, 1.807) is 0 Å². The van der Waals surface area contributed by atoms with Gasteiger partial charge in [0.05, 0.1) is 24.4 Å². The molecule has 10 atom stereocenters. The summed E-state index contributed by atoms with van der Waals surface area (Å²) in [5, 5.41) is 0.497. The van der Waals surface area contributed by atoms with Crippen LogP contribution in [0.3, 0.4) is 0 Å². The molecule has 2 aliphatic heterocycles. The summed E-state index contributed by atoms with van der Waals surface area (Å²) in [6.45, 7) is 40.0. The maximum atomic E-state index is 10.8. The molecule has 2 unspecified atom stereocenters. The van der Waals surface area contributed by atoms with Gasteiger partial charge in [0, 0.05) is 30.0 Å². The molecule has 5 nitrogen and oxygen atoms in total. The van der Waals surface area contributed by atoms with Gasteiger partial charge >= 0.3 is 0 Å². The van der Waals surface area contributed by atoms with Gasteiger partial charge in [-0.3, -0.25) is 0 Å². The minimum atomic E-state index is -1.74. The molecule has 0 aromatic rings. The van der Waals surface area contributed by atoms with Crippen molar-refractivity contribution in [2.45, 2.75) is 197 Å². The van der Waals surface area contributed by atoms with Crippen molar-refractivity contribution in [1.29, 1.82) is 0 Å². The zero-order valence-electron chi connectivity index (χ0n) is 30.5. The van der Waals surface area contributed by atoms with Crippen molar-refractivity contribution < 1.29 is 23.1 Å². The fraction of sp³-hybridized carbons (Fsp3) is 0.919. The summed E-state index contributed by atoms with van der Waals surface area (Å²) in [4.78, 5) is 10.8. The molecule has 0 aliphatic carbocycles. The molecule has 44 heavy (non-hydrogen) atoms. The predicted molar refractivity (Wildman–Crippen MR) is 198 cm³/mol. The standard InChI is InChI=1S/C18H36O2Si.C17H34O3Si.2CH4/c1-10-13(3)12-16-17(19-16)14(4)15(11-2)20-21(8,9)18(5,6)7;1-9-14(20-21(7,8)17(4,5)6)13(3)16-15(19-16)10-12(2)11-18;;/h10,13-17H,1,11-12H2,2-9H3;11-16H,9-10H2,1-8H3;2*1H4/t13-,14-,15+,16?,17-;12-,13+,14-,15?,16+;;/m10../s1. The quantitative estimate of drug-likeness (QED) is 0.0715. The molecule has 0 radical (unpaired) electrons. The summed E-state index contributed by atoms with van der Waals surface area (Å²) in [6.07, 6.45) is 8.93. The average Bonchev–Trinajstić information content (AvgIpc) is 3.80. The van der Waals surface area contributed by atoms with Crippen LogP contribution in [-0.4, -0.2) is 59.5 Å². The number of allylic oxidation sites excluding steroid dienone is 1. The van der Waals surface area contributed by atoms with E-state index >= 15 is 0 Å². The third-order valence-corrected chi connectivity index (χ3v) is 19.6. The lowest BCUT2D eigenvalue weighted by Crippen LogP contribution is -2.46. The van der Waals surface area contributed by atoms with Gasteiger partial charge in [0.1, 0.15) is 6.29 Å².